The van der Waals surface area contributed by atoms with Crippen LogP contribution in [0.2, 0.25) is 10.0 Å². The fraction of sp³-hybridized carbons (Fsp3) is 0.389. The van der Waals surface area contributed by atoms with Crippen LogP contribution in [-0.2, 0) is 6.54 Å². The van der Waals surface area contributed by atoms with Gasteiger partial charge in [-0.3, -0.25) is 9.69 Å². The van der Waals surface area contributed by atoms with Crippen LogP contribution >= 0.6 is 34.5 Å². The molecular formula is C18H20Cl2N2OS. The molecular weight excluding hydrogens is 363 g/mol. The lowest BCUT2D eigenvalue weighted by molar-refractivity contribution is 0.0935. The molecule has 128 valence electrons. The van der Waals surface area contributed by atoms with Crippen molar-refractivity contribution in [1.29, 1.82) is 0 Å². The number of halogens is 2. The predicted octanol–water partition coefficient (Wildman–Crippen LogP) is 4.70. The van der Waals surface area contributed by atoms with Crippen LogP contribution in [0.15, 0.2) is 35.0 Å². The Labute approximate surface area is 156 Å². The number of hydrogen-bond acceptors (Lipinski definition) is 3. The Morgan fingerprint density at radius 1 is 1.25 bits per heavy atom. The second-order valence-electron chi connectivity index (χ2n) is 6.19. The highest BCUT2D eigenvalue weighted by Gasteiger charge is 2.20. The summed E-state index contributed by atoms with van der Waals surface area (Å²) in [6, 6.07) is 7.14. The number of amides is 1. The molecule has 1 amide bonds. The van der Waals surface area contributed by atoms with E-state index in [1.54, 1.807) is 29.5 Å². The van der Waals surface area contributed by atoms with Crippen molar-refractivity contribution in [2.24, 2.45) is 5.92 Å². The molecule has 1 aromatic heterocycles. The first-order valence-electron chi connectivity index (χ1n) is 8.08. The molecule has 3 nitrogen and oxygen atoms in total. The summed E-state index contributed by atoms with van der Waals surface area (Å²) in [4.78, 5) is 14.8. The van der Waals surface area contributed by atoms with Crippen molar-refractivity contribution < 1.29 is 4.79 Å². The Balaban J connectivity index is 1.44. The minimum Gasteiger partial charge on any atom is -0.352 e. The second-order valence-corrected chi connectivity index (χ2v) is 7.81. The third-order valence-electron chi connectivity index (χ3n) is 4.42. The molecule has 0 spiro atoms. The van der Waals surface area contributed by atoms with Crippen LogP contribution < -0.4 is 5.32 Å². The Kier molecular flexibility index (Phi) is 6.17. The van der Waals surface area contributed by atoms with Crippen molar-refractivity contribution >= 4 is 40.4 Å². The Bertz CT molecular complexity index is 682. The number of rotatable bonds is 5. The van der Waals surface area contributed by atoms with Crippen molar-refractivity contribution in [2.45, 2.75) is 19.4 Å². The van der Waals surface area contributed by atoms with E-state index in [1.165, 1.54) is 5.56 Å². The fourth-order valence-corrected chi connectivity index (χ4v) is 4.03. The molecule has 2 heterocycles. The number of thiophene rings is 1. The molecule has 1 aromatic carbocycles. The largest absolute Gasteiger partial charge is 0.352 e. The molecule has 0 aliphatic carbocycles. The van der Waals surface area contributed by atoms with Gasteiger partial charge >= 0.3 is 0 Å². The van der Waals surface area contributed by atoms with E-state index in [-0.39, 0.29) is 5.91 Å². The summed E-state index contributed by atoms with van der Waals surface area (Å²) in [5.41, 5.74) is 1.83. The molecule has 0 atom stereocenters. The summed E-state index contributed by atoms with van der Waals surface area (Å²) < 4.78 is 0. The van der Waals surface area contributed by atoms with Crippen LogP contribution in [0.1, 0.15) is 28.8 Å². The van der Waals surface area contributed by atoms with Gasteiger partial charge in [0.2, 0.25) is 0 Å². The maximum absolute atomic E-state index is 12.3. The van der Waals surface area contributed by atoms with Crippen molar-refractivity contribution in [2.75, 3.05) is 19.6 Å². The summed E-state index contributed by atoms with van der Waals surface area (Å²) in [5, 5.41) is 8.28. The summed E-state index contributed by atoms with van der Waals surface area (Å²) in [5.74, 6) is 0.369. The van der Waals surface area contributed by atoms with E-state index >= 15 is 0 Å². The van der Waals surface area contributed by atoms with Crippen LogP contribution in [0.25, 0.3) is 0 Å². The summed E-state index contributed by atoms with van der Waals surface area (Å²) in [6.45, 7) is 3.87. The van der Waals surface area contributed by atoms with Crippen molar-refractivity contribution in [3.05, 3.63) is 56.2 Å². The van der Waals surface area contributed by atoms with Gasteiger partial charge in [-0.1, -0.05) is 23.2 Å². The summed E-state index contributed by atoms with van der Waals surface area (Å²) in [7, 11) is 0. The second kappa shape index (κ2) is 8.34. The zero-order valence-electron chi connectivity index (χ0n) is 13.3. The molecule has 0 unspecified atom stereocenters. The zero-order valence-corrected chi connectivity index (χ0v) is 15.6. The topological polar surface area (TPSA) is 32.3 Å². The number of nitrogens with zero attached hydrogens (tertiary/aromatic N) is 1. The number of hydrogen-bond donors (Lipinski definition) is 1. The molecule has 0 radical (unpaired) electrons. The van der Waals surface area contributed by atoms with Gasteiger partial charge in [0.15, 0.2) is 0 Å². The third-order valence-corrected chi connectivity index (χ3v) is 5.71. The molecule has 1 aliphatic heterocycles. The standard InChI is InChI=1S/C18H20Cl2N2OS/c19-15-1-2-17(20)16(9-15)18(23)21-10-13-3-6-22(7-4-13)11-14-5-8-24-12-14/h1-2,5,8-9,12-13H,3-4,6-7,10-11H2,(H,21,23). The minimum absolute atomic E-state index is 0.150. The third kappa shape index (κ3) is 4.73. The lowest BCUT2D eigenvalue weighted by atomic mass is 9.96. The highest BCUT2D eigenvalue weighted by Crippen LogP contribution is 2.22. The number of likely N-dealkylation sites (tertiary alicyclic amines) is 1. The monoisotopic (exact) mass is 382 g/mol. The molecule has 1 aliphatic rings. The fourth-order valence-electron chi connectivity index (χ4n) is 2.99. The molecule has 2 aromatic rings. The van der Waals surface area contributed by atoms with E-state index < -0.39 is 0 Å². The molecule has 6 heteroatoms. The van der Waals surface area contributed by atoms with E-state index in [4.69, 9.17) is 23.2 Å². The zero-order chi connectivity index (χ0) is 16.9. The van der Waals surface area contributed by atoms with Gasteiger partial charge in [-0.2, -0.15) is 11.3 Å². The van der Waals surface area contributed by atoms with E-state index in [2.05, 4.69) is 27.0 Å². The first-order chi connectivity index (χ1) is 11.6. The van der Waals surface area contributed by atoms with Crippen molar-refractivity contribution in [3.8, 4) is 0 Å². The predicted molar refractivity (Wildman–Crippen MR) is 101 cm³/mol. The highest BCUT2D eigenvalue weighted by atomic mass is 35.5. The molecule has 0 saturated carbocycles. The van der Waals surface area contributed by atoms with Crippen LogP contribution in [-0.4, -0.2) is 30.4 Å². The first-order valence-corrected chi connectivity index (χ1v) is 9.78. The number of nitrogens with one attached hydrogen (secondary N) is 1. The Morgan fingerprint density at radius 3 is 2.75 bits per heavy atom. The van der Waals surface area contributed by atoms with Gasteiger partial charge in [0.05, 0.1) is 10.6 Å². The van der Waals surface area contributed by atoms with Crippen LogP contribution in [0.5, 0.6) is 0 Å². The quantitative estimate of drug-likeness (QED) is 0.812. The molecule has 24 heavy (non-hydrogen) atoms. The number of carbonyl (C=O) groups excluding carboxylic acids is 1. The Morgan fingerprint density at radius 2 is 2.04 bits per heavy atom. The van der Waals surface area contributed by atoms with Gasteiger partial charge in [-0.05, 0) is 72.4 Å². The van der Waals surface area contributed by atoms with E-state index in [1.807, 2.05) is 0 Å². The summed E-state index contributed by atoms with van der Waals surface area (Å²) in [6.07, 6.45) is 2.21. The average molecular weight is 383 g/mol. The molecule has 1 N–H and O–H groups in total. The lowest BCUT2D eigenvalue weighted by Gasteiger charge is -2.31. The van der Waals surface area contributed by atoms with Crippen LogP contribution in [0, 0.1) is 5.92 Å². The van der Waals surface area contributed by atoms with Gasteiger partial charge in [-0.15, -0.1) is 0 Å². The molecule has 0 bridgehead atoms. The van der Waals surface area contributed by atoms with Gasteiger partial charge < -0.3 is 5.32 Å². The van der Waals surface area contributed by atoms with Crippen LogP contribution in [0.4, 0.5) is 0 Å². The van der Waals surface area contributed by atoms with Crippen molar-refractivity contribution in [3.63, 3.8) is 0 Å². The maximum Gasteiger partial charge on any atom is 0.252 e. The first kappa shape index (κ1) is 17.7. The number of piperidine rings is 1. The minimum atomic E-state index is -0.150. The number of benzene rings is 1. The van der Waals surface area contributed by atoms with E-state index in [0.29, 0.717) is 28.1 Å². The highest BCUT2D eigenvalue weighted by molar-refractivity contribution is 7.07. The molecule has 1 fully saturated rings. The normalized spacial score (nSPS) is 16.2. The number of carbonyl (C=O) groups is 1. The smallest absolute Gasteiger partial charge is 0.252 e. The lowest BCUT2D eigenvalue weighted by Crippen LogP contribution is -2.38. The van der Waals surface area contributed by atoms with Gasteiger partial charge in [0.25, 0.3) is 5.91 Å². The molecule has 3 rings (SSSR count). The van der Waals surface area contributed by atoms with Crippen LogP contribution in [0.3, 0.4) is 0 Å². The van der Waals surface area contributed by atoms with Crippen molar-refractivity contribution in [1.82, 2.24) is 10.2 Å². The van der Waals surface area contributed by atoms with Gasteiger partial charge in [-0.25, -0.2) is 0 Å². The Hall–Kier alpha value is -1.07. The maximum atomic E-state index is 12.3. The van der Waals surface area contributed by atoms with Gasteiger partial charge in [0, 0.05) is 18.1 Å². The van der Waals surface area contributed by atoms with E-state index in [0.717, 1.165) is 32.5 Å². The van der Waals surface area contributed by atoms with E-state index in [9.17, 15) is 4.79 Å². The average Bonchev–Trinajstić information content (AvgIpc) is 3.09. The molecule has 1 saturated heterocycles. The SMILES string of the molecule is O=C(NCC1CCN(Cc2ccsc2)CC1)c1cc(Cl)ccc1Cl. The van der Waals surface area contributed by atoms with Gasteiger partial charge in [0.1, 0.15) is 0 Å². The summed E-state index contributed by atoms with van der Waals surface area (Å²) >= 11 is 13.8.